The third-order valence-corrected chi connectivity index (χ3v) is 5.80. The second kappa shape index (κ2) is 7.81. The number of hydrogen-bond donors (Lipinski definition) is 0. The molecule has 1 aromatic heterocycles. The first-order valence-electron chi connectivity index (χ1n) is 10.1. The molecule has 5 rings (SSSR count). The van der Waals surface area contributed by atoms with Gasteiger partial charge in [-0.2, -0.15) is 0 Å². The van der Waals surface area contributed by atoms with Crippen LogP contribution in [0.1, 0.15) is 12.0 Å². The van der Waals surface area contributed by atoms with E-state index >= 15 is 0 Å². The molecule has 9 heteroatoms. The SMILES string of the molecule is O=C1CC(C(=O)N2CCN(c3ncccn3)CC2)CN1Cc1ccc2c(c1)OCO2. The summed E-state index contributed by atoms with van der Waals surface area (Å²) in [4.78, 5) is 39.8. The molecule has 3 aliphatic rings. The van der Waals surface area contributed by atoms with Gasteiger partial charge < -0.3 is 24.2 Å². The van der Waals surface area contributed by atoms with E-state index in [4.69, 9.17) is 9.47 Å². The molecule has 1 atom stereocenters. The van der Waals surface area contributed by atoms with Crippen molar-refractivity contribution in [3.63, 3.8) is 0 Å². The Morgan fingerprint density at radius 1 is 1.07 bits per heavy atom. The highest BCUT2D eigenvalue weighted by molar-refractivity contribution is 5.89. The molecule has 0 radical (unpaired) electrons. The third-order valence-electron chi connectivity index (χ3n) is 5.80. The maximum absolute atomic E-state index is 13.0. The first-order chi connectivity index (χ1) is 14.7. The van der Waals surface area contributed by atoms with Gasteiger partial charge >= 0.3 is 0 Å². The van der Waals surface area contributed by atoms with Crippen LogP contribution in [0.25, 0.3) is 0 Å². The lowest BCUT2D eigenvalue weighted by Crippen LogP contribution is -2.51. The van der Waals surface area contributed by atoms with Gasteiger partial charge in [0.25, 0.3) is 0 Å². The summed E-state index contributed by atoms with van der Waals surface area (Å²) < 4.78 is 10.7. The highest BCUT2D eigenvalue weighted by Gasteiger charge is 2.37. The number of rotatable bonds is 4. The van der Waals surface area contributed by atoms with E-state index in [1.807, 2.05) is 23.1 Å². The summed E-state index contributed by atoms with van der Waals surface area (Å²) in [5.74, 6) is 1.90. The van der Waals surface area contributed by atoms with Crippen molar-refractivity contribution in [2.45, 2.75) is 13.0 Å². The van der Waals surface area contributed by atoms with E-state index < -0.39 is 0 Å². The number of amides is 2. The van der Waals surface area contributed by atoms with Crippen LogP contribution in [-0.2, 0) is 16.1 Å². The Hall–Kier alpha value is -3.36. The molecule has 30 heavy (non-hydrogen) atoms. The molecule has 0 saturated carbocycles. The fourth-order valence-electron chi connectivity index (χ4n) is 4.19. The summed E-state index contributed by atoms with van der Waals surface area (Å²) in [6.45, 7) is 3.76. The molecule has 0 spiro atoms. The Balaban J connectivity index is 1.17. The number of piperazine rings is 1. The molecule has 3 aliphatic heterocycles. The number of ether oxygens (including phenoxy) is 2. The Morgan fingerprint density at radius 2 is 1.83 bits per heavy atom. The van der Waals surface area contributed by atoms with Crippen molar-refractivity contribution < 1.29 is 19.1 Å². The number of nitrogens with zero attached hydrogens (tertiary/aromatic N) is 5. The number of carbonyl (C=O) groups is 2. The topological polar surface area (TPSA) is 88.1 Å². The molecular formula is C21H23N5O4. The average molecular weight is 409 g/mol. The minimum Gasteiger partial charge on any atom is -0.454 e. The Bertz CT molecular complexity index is 946. The number of fused-ring (bicyclic) bond motifs is 1. The molecule has 0 N–H and O–H groups in total. The van der Waals surface area contributed by atoms with Gasteiger partial charge in [0.15, 0.2) is 11.5 Å². The van der Waals surface area contributed by atoms with Gasteiger partial charge in [0.2, 0.25) is 24.6 Å². The molecule has 1 unspecified atom stereocenters. The normalized spacial score (nSPS) is 20.7. The van der Waals surface area contributed by atoms with Crippen LogP contribution in [0.2, 0.25) is 0 Å². The Labute approximate surface area is 174 Å². The van der Waals surface area contributed by atoms with Crippen molar-refractivity contribution in [3.8, 4) is 11.5 Å². The first-order valence-corrected chi connectivity index (χ1v) is 10.1. The molecule has 1 aromatic carbocycles. The van der Waals surface area contributed by atoms with E-state index in [1.54, 1.807) is 23.4 Å². The summed E-state index contributed by atoms with van der Waals surface area (Å²) in [5, 5.41) is 0. The Morgan fingerprint density at radius 3 is 2.63 bits per heavy atom. The van der Waals surface area contributed by atoms with Gasteiger partial charge in [0.05, 0.1) is 5.92 Å². The van der Waals surface area contributed by atoms with Crippen LogP contribution in [0, 0.1) is 5.92 Å². The monoisotopic (exact) mass is 409 g/mol. The van der Waals surface area contributed by atoms with E-state index in [0.717, 1.165) is 11.3 Å². The van der Waals surface area contributed by atoms with Crippen LogP contribution in [-0.4, -0.2) is 71.1 Å². The smallest absolute Gasteiger partial charge is 0.231 e. The van der Waals surface area contributed by atoms with Gasteiger partial charge in [0.1, 0.15) is 0 Å². The van der Waals surface area contributed by atoms with Crippen LogP contribution in [0.4, 0.5) is 5.95 Å². The van der Waals surface area contributed by atoms with Crippen LogP contribution in [0.15, 0.2) is 36.7 Å². The quantitative estimate of drug-likeness (QED) is 0.741. The molecule has 156 valence electrons. The molecule has 2 saturated heterocycles. The van der Waals surface area contributed by atoms with E-state index in [9.17, 15) is 9.59 Å². The molecule has 2 aromatic rings. The molecule has 0 aliphatic carbocycles. The predicted octanol–water partition coefficient (Wildman–Crippen LogP) is 0.903. The lowest BCUT2D eigenvalue weighted by Gasteiger charge is -2.35. The van der Waals surface area contributed by atoms with Gasteiger partial charge in [-0.3, -0.25) is 9.59 Å². The number of aromatic nitrogens is 2. The number of hydrogen-bond acceptors (Lipinski definition) is 7. The summed E-state index contributed by atoms with van der Waals surface area (Å²) in [5.41, 5.74) is 0.970. The van der Waals surface area contributed by atoms with Gasteiger partial charge in [0, 0.05) is 58.1 Å². The van der Waals surface area contributed by atoms with Crippen LogP contribution in [0.5, 0.6) is 11.5 Å². The van der Waals surface area contributed by atoms with Crippen molar-refractivity contribution in [2.75, 3.05) is 44.4 Å². The van der Waals surface area contributed by atoms with Crippen molar-refractivity contribution in [1.82, 2.24) is 19.8 Å². The van der Waals surface area contributed by atoms with Gasteiger partial charge in [-0.05, 0) is 23.8 Å². The summed E-state index contributed by atoms with van der Waals surface area (Å²) in [6.07, 6.45) is 3.71. The van der Waals surface area contributed by atoms with E-state index in [-0.39, 0.29) is 30.9 Å². The van der Waals surface area contributed by atoms with Crippen LogP contribution in [0.3, 0.4) is 0 Å². The van der Waals surface area contributed by atoms with Gasteiger partial charge in [-0.1, -0.05) is 6.07 Å². The van der Waals surface area contributed by atoms with Crippen molar-refractivity contribution >= 4 is 17.8 Å². The maximum atomic E-state index is 13.0. The first kappa shape index (κ1) is 18.7. The van der Waals surface area contributed by atoms with Crippen molar-refractivity contribution in [1.29, 1.82) is 0 Å². The zero-order valence-corrected chi connectivity index (χ0v) is 16.6. The van der Waals surface area contributed by atoms with Crippen LogP contribution < -0.4 is 14.4 Å². The average Bonchev–Trinajstić information content (AvgIpc) is 3.40. The summed E-state index contributed by atoms with van der Waals surface area (Å²) in [7, 11) is 0. The fraction of sp³-hybridized carbons (Fsp3) is 0.429. The maximum Gasteiger partial charge on any atom is 0.231 e. The highest BCUT2D eigenvalue weighted by Crippen LogP contribution is 2.33. The minimum absolute atomic E-state index is 0.0161. The molecule has 2 amide bonds. The molecule has 0 bridgehead atoms. The number of anilines is 1. The number of likely N-dealkylation sites (tertiary alicyclic amines) is 1. The van der Waals surface area contributed by atoms with E-state index in [0.29, 0.717) is 51.0 Å². The zero-order valence-electron chi connectivity index (χ0n) is 16.6. The highest BCUT2D eigenvalue weighted by atomic mass is 16.7. The standard InChI is InChI=1S/C21H23N5O4/c27-19-11-16(13-26(19)12-15-2-3-17-18(10-15)30-14-29-17)20(28)24-6-8-25(9-7-24)21-22-4-1-5-23-21/h1-5,10,16H,6-9,11-14H2. The van der Waals surface area contributed by atoms with Gasteiger partial charge in [-0.25, -0.2) is 9.97 Å². The molecule has 4 heterocycles. The fourth-order valence-corrected chi connectivity index (χ4v) is 4.19. The van der Waals surface area contributed by atoms with Crippen molar-refractivity contribution in [3.05, 3.63) is 42.2 Å². The zero-order chi connectivity index (χ0) is 20.5. The van der Waals surface area contributed by atoms with E-state index in [1.165, 1.54) is 0 Å². The molecule has 9 nitrogen and oxygen atoms in total. The summed E-state index contributed by atoms with van der Waals surface area (Å²) >= 11 is 0. The number of carbonyl (C=O) groups excluding carboxylic acids is 2. The van der Waals surface area contributed by atoms with E-state index in [2.05, 4.69) is 14.9 Å². The molecular weight excluding hydrogens is 386 g/mol. The largest absolute Gasteiger partial charge is 0.454 e. The third kappa shape index (κ3) is 3.62. The summed E-state index contributed by atoms with van der Waals surface area (Å²) in [6, 6.07) is 7.48. The second-order valence-electron chi connectivity index (χ2n) is 7.72. The van der Waals surface area contributed by atoms with Gasteiger partial charge in [-0.15, -0.1) is 0 Å². The predicted molar refractivity (Wildman–Crippen MR) is 107 cm³/mol. The second-order valence-corrected chi connectivity index (χ2v) is 7.72. The molecule has 2 fully saturated rings. The lowest BCUT2D eigenvalue weighted by atomic mass is 10.1. The Kier molecular flexibility index (Phi) is 4.86. The van der Waals surface area contributed by atoms with Crippen molar-refractivity contribution in [2.24, 2.45) is 5.92 Å². The lowest BCUT2D eigenvalue weighted by molar-refractivity contribution is -0.136. The number of benzene rings is 1. The van der Waals surface area contributed by atoms with Crippen LogP contribution >= 0.6 is 0 Å². The minimum atomic E-state index is -0.286.